The summed E-state index contributed by atoms with van der Waals surface area (Å²) in [6.07, 6.45) is 14.7. The molecule has 86 valence electrons. The van der Waals surface area contributed by atoms with Crippen LogP contribution in [-0.4, -0.2) is 24.6 Å². The fourth-order valence-corrected chi connectivity index (χ4v) is 6.29. The molecule has 0 radical (unpaired) electrons. The molecule has 0 unspecified atom stereocenters. The van der Waals surface area contributed by atoms with Gasteiger partial charge < -0.3 is 0 Å². The molecule has 0 N–H and O–H groups in total. The van der Waals surface area contributed by atoms with Crippen molar-refractivity contribution >= 4 is 7.26 Å². The number of hydrogen-bond acceptors (Lipinski definition) is 0. The topological polar surface area (TPSA) is 0 Å². The minimum absolute atomic E-state index is 0.845. The zero-order chi connectivity index (χ0) is 10.9. The maximum absolute atomic E-state index is 2.41. The van der Waals surface area contributed by atoms with Crippen LogP contribution in [0.3, 0.4) is 0 Å². The van der Waals surface area contributed by atoms with E-state index >= 15 is 0 Å². The molecule has 0 aliphatic carbocycles. The molecule has 0 fully saturated rings. The first-order chi connectivity index (χ1) is 6.74. The van der Waals surface area contributed by atoms with Crippen LogP contribution in [0.1, 0.15) is 47.0 Å². The van der Waals surface area contributed by atoms with Crippen LogP contribution in [0.25, 0.3) is 0 Å². The van der Waals surface area contributed by atoms with Crippen molar-refractivity contribution in [3.05, 3.63) is 12.2 Å². The maximum atomic E-state index is 2.41. The Labute approximate surface area is 91.5 Å². The summed E-state index contributed by atoms with van der Waals surface area (Å²) in [4.78, 5) is 0. The van der Waals surface area contributed by atoms with E-state index in [1.165, 1.54) is 37.7 Å². The van der Waals surface area contributed by atoms with E-state index in [1.807, 2.05) is 0 Å². The van der Waals surface area contributed by atoms with Gasteiger partial charge in [0.15, 0.2) is 0 Å². The van der Waals surface area contributed by atoms with Crippen molar-refractivity contribution in [2.75, 3.05) is 24.6 Å². The third-order valence-corrected chi connectivity index (χ3v) is 9.43. The van der Waals surface area contributed by atoms with Crippen LogP contribution < -0.4 is 0 Å². The fraction of sp³-hybridized carbons (Fsp3) is 0.846. The van der Waals surface area contributed by atoms with Gasteiger partial charge in [0, 0.05) is 0 Å². The van der Waals surface area contributed by atoms with E-state index in [-0.39, 0.29) is 0 Å². The molecule has 0 aromatic heterocycles. The molecule has 14 heavy (non-hydrogen) atoms. The van der Waals surface area contributed by atoms with Crippen molar-refractivity contribution < 1.29 is 0 Å². The van der Waals surface area contributed by atoms with E-state index in [0.29, 0.717) is 0 Å². The molecule has 0 aliphatic rings. The molecule has 1 heteroatoms. The van der Waals surface area contributed by atoms with Gasteiger partial charge in [0.25, 0.3) is 0 Å². The van der Waals surface area contributed by atoms with Gasteiger partial charge in [0.2, 0.25) is 0 Å². The predicted molar refractivity (Wildman–Crippen MR) is 73.5 cm³/mol. The van der Waals surface area contributed by atoms with Gasteiger partial charge in [-0.05, 0) is 0 Å². The minimum atomic E-state index is -0.845. The molecule has 0 nitrogen and oxygen atoms in total. The molecule has 0 amide bonds. The van der Waals surface area contributed by atoms with Crippen LogP contribution >= 0.6 is 7.26 Å². The predicted octanol–water partition coefficient (Wildman–Crippen LogP) is 4.54. The van der Waals surface area contributed by atoms with Crippen LogP contribution in [0.5, 0.6) is 0 Å². The summed E-state index contributed by atoms with van der Waals surface area (Å²) in [5.74, 6) is 0. The first-order valence-electron chi connectivity index (χ1n) is 6.39. The molecule has 0 aromatic rings. The van der Waals surface area contributed by atoms with E-state index in [4.69, 9.17) is 0 Å². The molecule has 0 bridgehead atoms. The number of rotatable bonds is 8. The quantitative estimate of drug-likeness (QED) is 0.412. The molecule has 0 spiro atoms. The molecular formula is C13H29P. The van der Waals surface area contributed by atoms with Gasteiger partial charge in [-0.25, -0.2) is 0 Å². The van der Waals surface area contributed by atoms with Crippen molar-refractivity contribution in [2.24, 2.45) is 0 Å². The molecule has 0 aromatic carbocycles. The molecule has 0 heterocycles. The summed E-state index contributed by atoms with van der Waals surface area (Å²) in [6, 6.07) is 0. The zero-order valence-electron chi connectivity index (χ0n) is 10.6. The standard InChI is InChI=1S/C13H29P/c1-5-9-10-11-13-14(7-3,8-4)12-6-2/h9-10,14H,5-8,11-13H2,1-4H3/b10-9+. The zero-order valence-corrected chi connectivity index (χ0v) is 11.6. The second-order valence-electron chi connectivity index (χ2n) is 4.38. The summed E-state index contributed by atoms with van der Waals surface area (Å²) in [5, 5.41) is 0. The van der Waals surface area contributed by atoms with Crippen LogP contribution in [0, 0.1) is 0 Å². The summed E-state index contributed by atoms with van der Waals surface area (Å²) >= 11 is 0. The molecule has 0 atom stereocenters. The van der Waals surface area contributed by atoms with Crippen LogP contribution in [0.4, 0.5) is 0 Å². The van der Waals surface area contributed by atoms with Gasteiger partial charge in [-0.2, -0.15) is 0 Å². The van der Waals surface area contributed by atoms with Crippen molar-refractivity contribution in [3.8, 4) is 0 Å². The fourth-order valence-electron chi connectivity index (χ4n) is 2.29. The van der Waals surface area contributed by atoms with Gasteiger partial charge >= 0.3 is 91.0 Å². The van der Waals surface area contributed by atoms with E-state index in [0.717, 1.165) is 0 Å². The number of allylic oxidation sites excluding steroid dienone is 2. The van der Waals surface area contributed by atoms with Gasteiger partial charge in [0.1, 0.15) is 0 Å². The normalized spacial score (nSPS) is 13.7. The Morgan fingerprint density at radius 2 is 1.50 bits per heavy atom. The Hall–Kier alpha value is 0.170. The summed E-state index contributed by atoms with van der Waals surface area (Å²) in [7, 11) is -0.845. The first-order valence-corrected chi connectivity index (χ1v) is 9.22. The van der Waals surface area contributed by atoms with Gasteiger partial charge in [0.05, 0.1) is 0 Å². The molecule has 0 aliphatic heterocycles. The second kappa shape index (κ2) is 8.48. The number of hydrogen-bond donors (Lipinski definition) is 0. The van der Waals surface area contributed by atoms with Gasteiger partial charge in [-0.15, -0.1) is 0 Å². The molecular weight excluding hydrogens is 187 g/mol. The Morgan fingerprint density at radius 1 is 0.857 bits per heavy atom. The average Bonchev–Trinajstić information content (AvgIpc) is 2.23. The van der Waals surface area contributed by atoms with E-state index in [1.54, 1.807) is 6.16 Å². The van der Waals surface area contributed by atoms with Crippen molar-refractivity contribution in [1.29, 1.82) is 0 Å². The Bertz CT molecular complexity index is 145. The second-order valence-corrected chi connectivity index (χ2v) is 9.79. The van der Waals surface area contributed by atoms with Crippen LogP contribution in [0.2, 0.25) is 0 Å². The molecule has 0 saturated heterocycles. The Kier molecular flexibility index (Phi) is 8.58. The van der Waals surface area contributed by atoms with Gasteiger partial charge in [-0.3, -0.25) is 0 Å². The SMILES string of the molecule is CC/C=C/CC[PH](CC)(CC)CCC. The van der Waals surface area contributed by atoms with E-state index in [9.17, 15) is 0 Å². The molecule has 0 rings (SSSR count). The average molecular weight is 216 g/mol. The summed E-state index contributed by atoms with van der Waals surface area (Å²) in [5.41, 5.74) is 0. The third-order valence-electron chi connectivity index (χ3n) is 3.52. The summed E-state index contributed by atoms with van der Waals surface area (Å²) < 4.78 is 0. The van der Waals surface area contributed by atoms with E-state index in [2.05, 4.69) is 39.8 Å². The van der Waals surface area contributed by atoms with Crippen molar-refractivity contribution in [3.63, 3.8) is 0 Å². The van der Waals surface area contributed by atoms with Crippen molar-refractivity contribution in [1.82, 2.24) is 0 Å². The summed E-state index contributed by atoms with van der Waals surface area (Å²) in [6.45, 7) is 9.38. The Balaban J connectivity index is 4.00. The molecule has 0 saturated carbocycles. The van der Waals surface area contributed by atoms with Gasteiger partial charge in [-0.1, -0.05) is 0 Å². The monoisotopic (exact) mass is 216 g/mol. The first kappa shape index (κ1) is 14.2. The van der Waals surface area contributed by atoms with Crippen LogP contribution in [-0.2, 0) is 0 Å². The third kappa shape index (κ3) is 5.15. The van der Waals surface area contributed by atoms with E-state index < -0.39 is 7.26 Å². The Morgan fingerprint density at radius 3 is 1.93 bits per heavy atom. The van der Waals surface area contributed by atoms with Crippen molar-refractivity contribution in [2.45, 2.75) is 47.0 Å². The van der Waals surface area contributed by atoms with Crippen LogP contribution in [0.15, 0.2) is 12.2 Å².